The summed E-state index contributed by atoms with van der Waals surface area (Å²) in [6.45, 7) is 4.15. The molecular formula is C14H22N2O3S. The minimum absolute atomic E-state index is 0.0289. The van der Waals surface area contributed by atoms with Crippen molar-refractivity contribution in [3.05, 3.63) is 29.8 Å². The Bertz CT molecular complexity index is 557. The summed E-state index contributed by atoms with van der Waals surface area (Å²) in [5.41, 5.74) is 1.18. The standard InChI is InChI=1S/C14H22N2O3S/c1-11-6-3-4-9-16(11)20(18,19)15-14-8-5-7-13(10-14)12(2)17/h5,7-8,10-12,15,17H,3-4,6,9H2,1-2H3. The average molecular weight is 298 g/mol. The van der Waals surface area contributed by atoms with Crippen LogP contribution >= 0.6 is 0 Å². The number of piperidine rings is 1. The van der Waals surface area contributed by atoms with Gasteiger partial charge in [0.05, 0.1) is 11.8 Å². The van der Waals surface area contributed by atoms with Crippen molar-refractivity contribution in [3.8, 4) is 0 Å². The van der Waals surface area contributed by atoms with E-state index < -0.39 is 16.3 Å². The third kappa shape index (κ3) is 3.50. The van der Waals surface area contributed by atoms with Crippen LogP contribution in [0, 0.1) is 0 Å². The van der Waals surface area contributed by atoms with E-state index in [1.807, 2.05) is 6.92 Å². The molecule has 112 valence electrons. The average Bonchev–Trinajstić information content (AvgIpc) is 2.38. The van der Waals surface area contributed by atoms with Crippen LogP contribution in [0.4, 0.5) is 5.69 Å². The molecule has 0 saturated carbocycles. The summed E-state index contributed by atoms with van der Waals surface area (Å²) in [6.07, 6.45) is 2.26. The number of aliphatic hydroxyl groups is 1. The van der Waals surface area contributed by atoms with Gasteiger partial charge in [0, 0.05) is 12.6 Å². The third-order valence-electron chi connectivity index (χ3n) is 3.67. The highest BCUT2D eigenvalue weighted by molar-refractivity contribution is 7.90. The second-order valence-corrected chi connectivity index (χ2v) is 6.99. The maximum absolute atomic E-state index is 12.4. The van der Waals surface area contributed by atoms with Crippen LogP contribution in [0.25, 0.3) is 0 Å². The number of hydrogen-bond acceptors (Lipinski definition) is 3. The van der Waals surface area contributed by atoms with Gasteiger partial charge in [0.15, 0.2) is 0 Å². The Morgan fingerprint density at radius 2 is 2.15 bits per heavy atom. The van der Waals surface area contributed by atoms with Crippen LogP contribution in [0.15, 0.2) is 24.3 Å². The molecule has 0 radical (unpaired) electrons. The van der Waals surface area contributed by atoms with Crippen LogP contribution in [0.1, 0.15) is 44.8 Å². The first-order chi connectivity index (χ1) is 9.40. The van der Waals surface area contributed by atoms with E-state index in [0.717, 1.165) is 19.3 Å². The van der Waals surface area contributed by atoms with E-state index in [1.54, 1.807) is 31.2 Å². The summed E-state index contributed by atoms with van der Waals surface area (Å²) in [5, 5.41) is 9.55. The molecule has 1 saturated heterocycles. The number of nitrogens with one attached hydrogen (secondary N) is 1. The third-order valence-corrected chi connectivity index (χ3v) is 5.32. The second kappa shape index (κ2) is 6.11. The van der Waals surface area contributed by atoms with E-state index in [1.165, 1.54) is 4.31 Å². The molecule has 1 heterocycles. The van der Waals surface area contributed by atoms with Crippen molar-refractivity contribution in [2.24, 2.45) is 0 Å². The summed E-state index contributed by atoms with van der Waals surface area (Å²) in [7, 11) is -3.53. The first-order valence-electron chi connectivity index (χ1n) is 6.98. The minimum Gasteiger partial charge on any atom is -0.389 e. The molecule has 1 aliphatic heterocycles. The molecule has 0 aliphatic carbocycles. The summed E-state index contributed by atoms with van der Waals surface area (Å²) < 4.78 is 28.9. The fourth-order valence-corrected chi connectivity index (χ4v) is 3.99. The summed E-state index contributed by atoms with van der Waals surface area (Å²) in [4.78, 5) is 0. The molecule has 0 amide bonds. The Labute approximate surface area is 120 Å². The van der Waals surface area contributed by atoms with Gasteiger partial charge in [-0.25, -0.2) is 0 Å². The molecule has 0 bridgehead atoms. The fourth-order valence-electron chi connectivity index (χ4n) is 2.50. The van der Waals surface area contributed by atoms with Crippen LogP contribution < -0.4 is 4.72 Å². The molecule has 1 aromatic rings. The largest absolute Gasteiger partial charge is 0.389 e. The van der Waals surface area contributed by atoms with Crippen molar-refractivity contribution in [3.63, 3.8) is 0 Å². The number of nitrogens with zero attached hydrogens (tertiary/aromatic N) is 1. The Hall–Kier alpha value is -1.11. The lowest BCUT2D eigenvalue weighted by atomic mass is 10.1. The second-order valence-electron chi connectivity index (χ2n) is 5.36. The van der Waals surface area contributed by atoms with Gasteiger partial charge >= 0.3 is 10.2 Å². The molecule has 2 N–H and O–H groups in total. The van der Waals surface area contributed by atoms with Crippen molar-refractivity contribution in [1.82, 2.24) is 4.31 Å². The van der Waals surface area contributed by atoms with Gasteiger partial charge in [-0.1, -0.05) is 18.6 Å². The van der Waals surface area contributed by atoms with Crippen LogP contribution in [-0.2, 0) is 10.2 Å². The summed E-state index contributed by atoms with van der Waals surface area (Å²) in [5.74, 6) is 0. The predicted octanol–water partition coefficient (Wildman–Crippen LogP) is 2.27. The van der Waals surface area contributed by atoms with Gasteiger partial charge in [0.1, 0.15) is 0 Å². The van der Waals surface area contributed by atoms with Crippen molar-refractivity contribution in [2.75, 3.05) is 11.3 Å². The van der Waals surface area contributed by atoms with Crippen molar-refractivity contribution < 1.29 is 13.5 Å². The Morgan fingerprint density at radius 3 is 2.80 bits per heavy atom. The maximum atomic E-state index is 12.4. The van der Waals surface area contributed by atoms with Crippen LogP contribution in [0.2, 0.25) is 0 Å². The van der Waals surface area contributed by atoms with Gasteiger partial charge in [0.25, 0.3) is 0 Å². The molecule has 1 fully saturated rings. The highest BCUT2D eigenvalue weighted by atomic mass is 32.2. The van der Waals surface area contributed by atoms with E-state index in [9.17, 15) is 13.5 Å². The van der Waals surface area contributed by atoms with Gasteiger partial charge in [-0.2, -0.15) is 12.7 Å². The first kappa shape index (κ1) is 15.3. The number of rotatable bonds is 4. The zero-order valence-corrected chi connectivity index (χ0v) is 12.7. The molecule has 20 heavy (non-hydrogen) atoms. The highest BCUT2D eigenvalue weighted by Gasteiger charge is 2.29. The molecule has 2 atom stereocenters. The minimum atomic E-state index is -3.53. The number of aliphatic hydroxyl groups excluding tert-OH is 1. The molecule has 2 unspecified atom stereocenters. The maximum Gasteiger partial charge on any atom is 0.301 e. The van der Waals surface area contributed by atoms with Crippen molar-refractivity contribution in [1.29, 1.82) is 0 Å². The molecule has 2 rings (SSSR count). The van der Waals surface area contributed by atoms with E-state index in [0.29, 0.717) is 17.8 Å². The van der Waals surface area contributed by atoms with Gasteiger partial charge in [-0.3, -0.25) is 4.72 Å². The van der Waals surface area contributed by atoms with E-state index in [2.05, 4.69) is 4.72 Å². The van der Waals surface area contributed by atoms with E-state index in [-0.39, 0.29) is 6.04 Å². The molecule has 1 aromatic carbocycles. The zero-order valence-electron chi connectivity index (χ0n) is 11.9. The number of hydrogen-bond donors (Lipinski definition) is 2. The SMILES string of the molecule is CC(O)c1cccc(NS(=O)(=O)N2CCCCC2C)c1. The lowest BCUT2D eigenvalue weighted by Crippen LogP contribution is -2.44. The van der Waals surface area contributed by atoms with E-state index in [4.69, 9.17) is 0 Å². The topological polar surface area (TPSA) is 69.6 Å². The number of anilines is 1. The molecule has 5 nitrogen and oxygen atoms in total. The van der Waals surface area contributed by atoms with Crippen LogP contribution in [0.3, 0.4) is 0 Å². The van der Waals surface area contributed by atoms with E-state index >= 15 is 0 Å². The summed E-state index contributed by atoms with van der Waals surface area (Å²) in [6, 6.07) is 6.89. The number of benzene rings is 1. The predicted molar refractivity (Wildman–Crippen MR) is 79.6 cm³/mol. The Balaban J connectivity index is 2.17. The van der Waals surface area contributed by atoms with Gasteiger partial charge in [-0.15, -0.1) is 0 Å². The van der Waals surface area contributed by atoms with Crippen LogP contribution in [0.5, 0.6) is 0 Å². The lowest BCUT2D eigenvalue weighted by Gasteiger charge is -2.32. The smallest absolute Gasteiger partial charge is 0.301 e. The van der Waals surface area contributed by atoms with Crippen molar-refractivity contribution >= 4 is 15.9 Å². The van der Waals surface area contributed by atoms with Crippen LogP contribution in [-0.4, -0.2) is 30.4 Å². The van der Waals surface area contributed by atoms with Gasteiger partial charge in [0.2, 0.25) is 0 Å². The molecule has 6 heteroatoms. The fraction of sp³-hybridized carbons (Fsp3) is 0.571. The van der Waals surface area contributed by atoms with Gasteiger partial charge < -0.3 is 5.11 Å². The Morgan fingerprint density at radius 1 is 1.40 bits per heavy atom. The Kier molecular flexibility index (Phi) is 4.67. The molecule has 1 aliphatic rings. The lowest BCUT2D eigenvalue weighted by molar-refractivity contribution is 0.199. The zero-order chi connectivity index (χ0) is 14.8. The molecular weight excluding hydrogens is 276 g/mol. The monoisotopic (exact) mass is 298 g/mol. The molecule has 0 aromatic heterocycles. The summed E-state index contributed by atoms with van der Waals surface area (Å²) >= 11 is 0. The normalized spacial score (nSPS) is 22.4. The quantitative estimate of drug-likeness (QED) is 0.896. The van der Waals surface area contributed by atoms with Crippen molar-refractivity contribution in [2.45, 2.75) is 45.3 Å². The molecule has 0 spiro atoms. The van der Waals surface area contributed by atoms with Gasteiger partial charge in [-0.05, 0) is 44.4 Å². The highest BCUT2D eigenvalue weighted by Crippen LogP contribution is 2.23. The first-order valence-corrected chi connectivity index (χ1v) is 8.42.